The molecule has 3 rings (SSSR count). The number of rotatable bonds is 5. The van der Waals surface area contributed by atoms with E-state index in [0.29, 0.717) is 6.04 Å². The first kappa shape index (κ1) is 16.2. The van der Waals surface area contributed by atoms with Crippen LogP contribution in [0.1, 0.15) is 42.1 Å². The minimum atomic E-state index is 0.0210. The van der Waals surface area contributed by atoms with Crippen molar-refractivity contribution in [3.63, 3.8) is 0 Å². The summed E-state index contributed by atoms with van der Waals surface area (Å²) >= 11 is 0. The zero-order valence-electron chi connectivity index (χ0n) is 14.2. The fourth-order valence-corrected chi connectivity index (χ4v) is 3.44. The maximum Gasteiger partial charge on any atom is 0.108 e. The van der Waals surface area contributed by atoms with Crippen LogP contribution < -0.4 is 0 Å². The Balaban J connectivity index is 1.80. The Morgan fingerprint density at radius 1 is 1.04 bits per heavy atom. The SMILES string of the molecule is Cc1ccccc1C(OCC1CCCCN1C)c1ccccc1. The predicted octanol–water partition coefficient (Wildman–Crippen LogP) is 4.59. The van der Waals surface area contributed by atoms with E-state index in [2.05, 4.69) is 73.5 Å². The molecule has 23 heavy (non-hydrogen) atoms. The average molecular weight is 309 g/mol. The van der Waals surface area contributed by atoms with Crippen LogP contribution in [-0.2, 0) is 4.74 Å². The van der Waals surface area contributed by atoms with Crippen LogP contribution in [0, 0.1) is 6.92 Å². The number of likely N-dealkylation sites (N-methyl/N-ethyl adjacent to an activating group) is 1. The summed E-state index contributed by atoms with van der Waals surface area (Å²) in [6, 6.07) is 19.7. The zero-order chi connectivity index (χ0) is 16.1. The van der Waals surface area contributed by atoms with E-state index in [4.69, 9.17) is 4.74 Å². The molecule has 122 valence electrons. The molecule has 2 aromatic rings. The Hall–Kier alpha value is -1.64. The van der Waals surface area contributed by atoms with Crippen LogP contribution in [0.15, 0.2) is 54.6 Å². The largest absolute Gasteiger partial charge is 0.367 e. The maximum atomic E-state index is 6.46. The third-order valence-corrected chi connectivity index (χ3v) is 4.95. The molecule has 0 aromatic heterocycles. The average Bonchev–Trinajstić information content (AvgIpc) is 2.59. The van der Waals surface area contributed by atoms with Gasteiger partial charge in [0, 0.05) is 6.04 Å². The van der Waals surface area contributed by atoms with E-state index >= 15 is 0 Å². The van der Waals surface area contributed by atoms with Gasteiger partial charge in [0.15, 0.2) is 0 Å². The van der Waals surface area contributed by atoms with E-state index in [-0.39, 0.29) is 6.10 Å². The van der Waals surface area contributed by atoms with Gasteiger partial charge in [-0.1, -0.05) is 61.0 Å². The van der Waals surface area contributed by atoms with Crippen molar-refractivity contribution >= 4 is 0 Å². The topological polar surface area (TPSA) is 12.5 Å². The summed E-state index contributed by atoms with van der Waals surface area (Å²) in [5.41, 5.74) is 3.80. The summed E-state index contributed by atoms with van der Waals surface area (Å²) in [4.78, 5) is 2.45. The third kappa shape index (κ3) is 4.01. The molecule has 1 aliphatic rings. The fourth-order valence-electron chi connectivity index (χ4n) is 3.44. The molecule has 1 saturated heterocycles. The van der Waals surface area contributed by atoms with Crippen molar-refractivity contribution in [3.8, 4) is 0 Å². The fraction of sp³-hybridized carbons (Fsp3) is 0.429. The molecule has 1 heterocycles. The zero-order valence-corrected chi connectivity index (χ0v) is 14.2. The van der Waals surface area contributed by atoms with Crippen LogP contribution in [0.5, 0.6) is 0 Å². The van der Waals surface area contributed by atoms with Crippen molar-refractivity contribution in [1.29, 1.82) is 0 Å². The van der Waals surface area contributed by atoms with Crippen molar-refractivity contribution in [2.75, 3.05) is 20.2 Å². The van der Waals surface area contributed by atoms with E-state index < -0.39 is 0 Å². The highest BCUT2D eigenvalue weighted by Gasteiger charge is 2.22. The summed E-state index contributed by atoms with van der Waals surface area (Å²) < 4.78 is 6.46. The first-order chi connectivity index (χ1) is 11.3. The summed E-state index contributed by atoms with van der Waals surface area (Å²) in [6.45, 7) is 4.15. The number of aryl methyl sites for hydroxylation is 1. The Bertz CT molecular complexity index is 610. The minimum Gasteiger partial charge on any atom is -0.367 e. The molecule has 2 heteroatoms. The molecule has 0 amide bonds. The predicted molar refractivity (Wildman–Crippen MR) is 95.7 cm³/mol. The highest BCUT2D eigenvalue weighted by Crippen LogP contribution is 2.29. The molecule has 0 N–H and O–H groups in total. The van der Waals surface area contributed by atoms with Gasteiger partial charge in [-0.05, 0) is 50.0 Å². The molecule has 0 saturated carbocycles. The van der Waals surface area contributed by atoms with Crippen molar-refractivity contribution < 1.29 is 4.74 Å². The maximum absolute atomic E-state index is 6.46. The normalized spacial score (nSPS) is 20.3. The van der Waals surface area contributed by atoms with E-state index in [9.17, 15) is 0 Å². The minimum absolute atomic E-state index is 0.0210. The number of piperidine rings is 1. The molecule has 2 aromatic carbocycles. The molecule has 2 atom stereocenters. The molecule has 1 fully saturated rings. The van der Waals surface area contributed by atoms with Crippen molar-refractivity contribution in [1.82, 2.24) is 4.90 Å². The van der Waals surface area contributed by atoms with Crippen LogP contribution in [0.4, 0.5) is 0 Å². The lowest BCUT2D eigenvalue weighted by Crippen LogP contribution is -2.39. The van der Waals surface area contributed by atoms with Crippen molar-refractivity contribution in [3.05, 3.63) is 71.3 Å². The number of nitrogens with zero attached hydrogens (tertiary/aromatic N) is 1. The highest BCUT2D eigenvalue weighted by atomic mass is 16.5. The first-order valence-electron chi connectivity index (χ1n) is 8.68. The summed E-state index contributed by atoms with van der Waals surface area (Å²) in [6.07, 6.45) is 3.89. The monoisotopic (exact) mass is 309 g/mol. The molecule has 2 nitrogen and oxygen atoms in total. The van der Waals surface area contributed by atoms with Gasteiger partial charge in [-0.15, -0.1) is 0 Å². The molecular weight excluding hydrogens is 282 g/mol. The Morgan fingerprint density at radius 3 is 2.52 bits per heavy atom. The van der Waals surface area contributed by atoms with E-state index in [1.807, 2.05) is 0 Å². The van der Waals surface area contributed by atoms with Crippen LogP contribution in [0.2, 0.25) is 0 Å². The summed E-state index contributed by atoms with van der Waals surface area (Å²) in [5.74, 6) is 0. The van der Waals surface area contributed by atoms with Crippen LogP contribution >= 0.6 is 0 Å². The van der Waals surface area contributed by atoms with Gasteiger partial charge in [0.2, 0.25) is 0 Å². The molecule has 0 radical (unpaired) electrons. The molecule has 0 bridgehead atoms. The van der Waals surface area contributed by atoms with Crippen molar-refractivity contribution in [2.45, 2.75) is 38.3 Å². The molecule has 0 aliphatic carbocycles. The Morgan fingerprint density at radius 2 is 1.78 bits per heavy atom. The lowest BCUT2D eigenvalue weighted by Gasteiger charge is -2.33. The van der Waals surface area contributed by atoms with Gasteiger partial charge >= 0.3 is 0 Å². The third-order valence-electron chi connectivity index (χ3n) is 4.95. The standard InChI is InChI=1S/C21H27NO/c1-17-10-6-7-14-20(17)21(18-11-4-3-5-12-18)23-16-19-13-8-9-15-22(19)2/h3-7,10-12,14,19,21H,8-9,13,15-16H2,1-2H3. The smallest absolute Gasteiger partial charge is 0.108 e. The van der Waals surface area contributed by atoms with Gasteiger partial charge < -0.3 is 9.64 Å². The molecule has 0 spiro atoms. The van der Waals surface area contributed by atoms with E-state index in [1.54, 1.807) is 0 Å². The van der Waals surface area contributed by atoms with E-state index in [0.717, 1.165) is 6.61 Å². The number of likely N-dealkylation sites (tertiary alicyclic amines) is 1. The molecular formula is C21H27NO. The first-order valence-corrected chi connectivity index (χ1v) is 8.68. The second-order valence-electron chi connectivity index (χ2n) is 6.61. The van der Waals surface area contributed by atoms with Gasteiger partial charge in [0.05, 0.1) is 6.61 Å². The Labute approximate surface area is 140 Å². The van der Waals surface area contributed by atoms with Gasteiger partial charge in [-0.2, -0.15) is 0 Å². The Kier molecular flexibility index (Phi) is 5.47. The highest BCUT2D eigenvalue weighted by molar-refractivity contribution is 5.35. The molecule has 2 unspecified atom stereocenters. The van der Waals surface area contributed by atoms with Gasteiger partial charge in [0.1, 0.15) is 6.10 Å². The van der Waals surface area contributed by atoms with Gasteiger partial charge in [-0.3, -0.25) is 0 Å². The molecule has 1 aliphatic heterocycles. The number of benzene rings is 2. The van der Waals surface area contributed by atoms with Crippen LogP contribution in [0.3, 0.4) is 0 Å². The van der Waals surface area contributed by atoms with Crippen molar-refractivity contribution in [2.24, 2.45) is 0 Å². The second-order valence-corrected chi connectivity index (χ2v) is 6.61. The van der Waals surface area contributed by atoms with Gasteiger partial charge in [0.25, 0.3) is 0 Å². The van der Waals surface area contributed by atoms with Crippen LogP contribution in [-0.4, -0.2) is 31.1 Å². The second kappa shape index (κ2) is 7.76. The summed E-state index contributed by atoms with van der Waals surface area (Å²) in [7, 11) is 2.22. The quantitative estimate of drug-likeness (QED) is 0.801. The lowest BCUT2D eigenvalue weighted by molar-refractivity contribution is 0.0201. The van der Waals surface area contributed by atoms with Gasteiger partial charge in [-0.25, -0.2) is 0 Å². The number of ether oxygens (including phenoxy) is 1. The lowest BCUT2D eigenvalue weighted by atomic mass is 9.97. The number of hydrogen-bond acceptors (Lipinski definition) is 2. The van der Waals surface area contributed by atoms with E-state index in [1.165, 1.54) is 42.5 Å². The number of hydrogen-bond donors (Lipinski definition) is 0. The summed E-state index contributed by atoms with van der Waals surface area (Å²) in [5, 5.41) is 0. The van der Waals surface area contributed by atoms with Crippen LogP contribution in [0.25, 0.3) is 0 Å².